The largest absolute Gasteiger partial charge is 0.416 e. The predicted molar refractivity (Wildman–Crippen MR) is 119 cm³/mol. The smallest absolute Gasteiger partial charge is 0.353 e. The molecule has 0 saturated heterocycles. The second kappa shape index (κ2) is 10.1. The van der Waals surface area contributed by atoms with E-state index < -0.39 is 39.3 Å². The highest BCUT2D eigenvalue weighted by atomic mass is 32.2. The maximum Gasteiger partial charge on any atom is 0.416 e. The number of nitrogens with zero attached hydrogens (tertiary/aromatic N) is 2. The van der Waals surface area contributed by atoms with Crippen LogP contribution in [0.2, 0.25) is 0 Å². The molecule has 2 aromatic heterocycles. The van der Waals surface area contributed by atoms with Gasteiger partial charge in [-0.15, -0.1) is 0 Å². The average molecular weight is 514 g/mol. The topological polar surface area (TPSA) is 134 Å². The van der Waals surface area contributed by atoms with Gasteiger partial charge in [0.1, 0.15) is 11.6 Å². The van der Waals surface area contributed by atoms with Gasteiger partial charge in [-0.2, -0.15) is 17.6 Å². The molecule has 15 heteroatoms. The Hall–Kier alpha value is -3.98. The van der Waals surface area contributed by atoms with Crippen LogP contribution in [-0.4, -0.2) is 37.7 Å². The van der Waals surface area contributed by atoms with Gasteiger partial charge in [-0.1, -0.05) is 6.07 Å². The van der Waals surface area contributed by atoms with Gasteiger partial charge < -0.3 is 10.6 Å². The summed E-state index contributed by atoms with van der Waals surface area (Å²) in [6.45, 7) is 0. The fourth-order valence-corrected chi connectivity index (χ4v) is 3.39. The number of alkyl halides is 3. The highest BCUT2D eigenvalue weighted by Crippen LogP contribution is 2.36. The van der Waals surface area contributed by atoms with Crippen LogP contribution in [0.15, 0.2) is 48.7 Å². The molecule has 0 saturated carbocycles. The third-order valence-corrected chi connectivity index (χ3v) is 4.82. The summed E-state index contributed by atoms with van der Waals surface area (Å²) >= 11 is 0. The zero-order valence-electron chi connectivity index (χ0n) is 18.1. The lowest BCUT2D eigenvalue weighted by molar-refractivity contribution is -0.137. The van der Waals surface area contributed by atoms with Gasteiger partial charge in [0.05, 0.1) is 41.6 Å². The molecule has 1 aromatic carbocycles. The maximum atomic E-state index is 13.4. The monoisotopic (exact) mass is 514 g/mol. The quantitative estimate of drug-likeness (QED) is 0.203. The number of hydrogen-bond acceptors (Lipinski definition) is 8. The van der Waals surface area contributed by atoms with E-state index in [0.717, 1.165) is 30.7 Å². The molecule has 0 fully saturated rings. The Kier molecular flexibility index (Phi) is 7.40. The standard InChI is InChI=1S/C20H18F4N6O4S/c1-34-29-19(31)12-10-25-18(28-17-5-3-4-16(21)27-17)9-14(12)26-13-7-6-11(20(22,23)24)8-15(13)30-35(2,32)33/h3-10,30H,1-2H3,(H,29,31)(H2,25,26,27,28). The zero-order chi connectivity index (χ0) is 25.8. The Morgan fingerprint density at radius 3 is 2.37 bits per heavy atom. The SMILES string of the molecule is CONC(=O)c1cnc(Nc2cccc(F)n2)cc1Nc1ccc(C(F)(F)F)cc1NS(C)(=O)=O. The summed E-state index contributed by atoms with van der Waals surface area (Å²) in [6, 6.07) is 7.61. The van der Waals surface area contributed by atoms with Gasteiger partial charge in [-0.05, 0) is 30.3 Å². The number of rotatable bonds is 8. The lowest BCUT2D eigenvalue weighted by Gasteiger charge is -2.18. The molecule has 3 aromatic rings. The Labute approximate surface area is 196 Å². The molecule has 3 rings (SSSR count). The van der Waals surface area contributed by atoms with Crippen LogP contribution in [0.3, 0.4) is 0 Å². The first-order valence-corrected chi connectivity index (χ1v) is 11.4. The molecule has 0 radical (unpaired) electrons. The molecule has 186 valence electrons. The van der Waals surface area contributed by atoms with Crippen LogP contribution in [0.1, 0.15) is 15.9 Å². The highest BCUT2D eigenvalue weighted by molar-refractivity contribution is 7.92. The molecule has 0 bridgehead atoms. The van der Waals surface area contributed by atoms with Crippen LogP contribution >= 0.6 is 0 Å². The van der Waals surface area contributed by atoms with E-state index in [0.29, 0.717) is 6.07 Å². The molecular formula is C20H18F4N6O4S. The lowest BCUT2D eigenvalue weighted by Crippen LogP contribution is -2.23. The van der Waals surface area contributed by atoms with E-state index in [1.165, 1.54) is 25.3 Å². The summed E-state index contributed by atoms with van der Waals surface area (Å²) in [5.74, 6) is -1.34. The predicted octanol–water partition coefficient (Wildman–Crippen LogP) is 3.78. The van der Waals surface area contributed by atoms with Crippen LogP contribution in [-0.2, 0) is 21.0 Å². The van der Waals surface area contributed by atoms with Crippen molar-refractivity contribution in [1.82, 2.24) is 15.4 Å². The minimum absolute atomic E-state index is 0.00441. The van der Waals surface area contributed by atoms with Gasteiger partial charge in [0, 0.05) is 12.3 Å². The van der Waals surface area contributed by atoms with Crippen molar-refractivity contribution in [3.05, 3.63) is 65.7 Å². The van der Waals surface area contributed by atoms with Gasteiger partial charge in [0.25, 0.3) is 5.91 Å². The summed E-state index contributed by atoms with van der Waals surface area (Å²) in [5, 5.41) is 5.46. The molecule has 2 heterocycles. The first kappa shape index (κ1) is 25.6. The Balaban J connectivity index is 2.06. The van der Waals surface area contributed by atoms with E-state index in [-0.39, 0.29) is 28.6 Å². The van der Waals surface area contributed by atoms with Crippen LogP contribution in [0.5, 0.6) is 0 Å². The van der Waals surface area contributed by atoms with Crippen molar-refractivity contribution in [2.45, 2.75) is 6.18 Å². The molecule has 0 unspecified atom stereocenters. The summed E-state index contributed by atoms with van der Waals surface area (Å²) in [7, 11) is -2.78. The Morgan fingerprint density at radius 2 is 1.74 bits per heavy atom. The highest BCUT2D eigenvalue weighted by Gasteiger charge is 2.31. The summed E-state index contributed by atoms with van der Waals surface area (Å²) in [4.78, 5) is 24.7. The van der Waals surface area contributed by atoms with E-state index in [1.807, 2.05) is 4.72 Å². The van der Waals surface area contributed by atoms with Crippen LogP contribution in [0.4, 0.5) is 46.3 Å². The lowest BCUT2D eigenvalue weighted by atomic mass is 10.1. The number of amides is 1. The number of benzene rings is 1. The summed E-state index contributed by atoms with van der Waals surface area (Å²) in [6.07, 6.45) is -2.84. The molecule has 0 aliphatic carbocycles. The van der Waals surface area contributed by atoms with Gasteiger partial charge in [0.15, 0.2) is 0 Å². The summed E-state index contributed by atoms with van der Waals surface area (Å²) in [5.41, 5.74) is 0.372. The number of sulfonamides is 1. The average Bonchev–Trinajstić information content (AvgIpc) is 2.73. The fraction of sp³-hybridized carbons (Fsp3) is 0.150. The van der Waals surface area contributed by atoms with Crippen molar-refractivity contribution in [2.75, 3.05) is 28.7 Å². The molecule has 10 nitrogen and oxygen atoms in total. The summed E-state index contributed by atoms with van der Waals surface area (Å²) < 4.78 is 78.5. The van der Waals surface area contributed by atoms with Gasteiger partial charge >= 0.3 is 6.18 Å². The number of carbonyl (C=O) groups is 1. The van der Waals surface area contributed by atoms with E-state index in [9.17, 15) is 30.8 Å². The van der Waals surface area contributed by atoms with E-state index in [2.05, 4.69) is 30.9 Å². The van der Waals surface area contributed by atoms with Crippen molar-refractivity contribution in [3.63, 3.8) is 0 Å². The second-order valence-corrected chi connectivity index (χ2v) is 8.73. The van der Waals surface area contributed by atoms with Crippen molar-refractivity contribution in [2.24, 2.45) is 0 Å². The zero-order valence-corrected chi connectivity index (χ0v) is 18.9. The number of hydrogen-bond donors (Lipinski definition) is 4. The van der Waals surface area contributed by atoms with Gasteiger partial charge in [0.2, 0.25) is 16.0 Å². The second-order valence-electron chi connectivity index (χ2n) is 6.98. The Morgan fingerprint density at radius 1 is 1.00 bits per heavy atom. The minimum Gasteiger partial charge on any atom is -0.353 e. The van der Waals surface area contributed by atoms with Crippen molar-refractivity contribution in [1.29, 1.82) is 0 Å². The molecule has 35 heavy (non-hydrogen) atoms. The number of carbonyl (C=O) groups excluding carboxylic acids is 1. The third kappa shape index (κ3) is 7.00. The molecule has 1 amide bonds. The molecule has 0 aliphatic rings. The number of nitrogens with one attached hydrogen (secondary N) is 4. The van der Waals surface area contributed by atoms with Crippen LogP contribution in [0.25, 0.3) is 0 Å². The number of aromatic nitrogens is 2. The third-order valence-electron chi connectivity index (χ3n) is 4.23. The minimum atomic E-state index is -4.73. The molecule has 0 spiro atoms. The van der Waals surface area contributed by atoms with Gasteiger partial charge in [-0.3, -0.25) is 14.4 Å². The molecule has 0 aliphatic heterocycles. The van der Waals surface area contributed by atoms with Crippen molar-refractivity contribution >= 4 is 44.6 Å². The number of hydroxylamine groups is 1. The normalized spacial score (nSPS) is 11.6. The maximum absolute atomic E-state index is 13.4. The number of pyridine rings is 2. The van der Waals surface area contributed by atoms with E-state index in [4.69, 9.17) is 0 Å². The fourth-order valence-electron chi connectivity index (χ4n) is 2.82. The van der Waals surface area contributed by atoms with E-state index in [1.54, 1.807) is 0 Å². The Bertz CT molecular complexity index is 1350. The first-order valence-electron chi connectivity index (χ1n) is 9.55. The van der Waals surface area contributed by atoms with Crippen LogP contribution in [0, 0.1) is 5.95 Å². The first-order chi connectivity index (χ1) is 16.4. The number of halogens is 4. The van der Waals surface area contributed by atoms with Crippen molar-refractivity contribution in [3.8, 4) is 0 Å². The van der Waals surface area contributed by atoms with E-state index >= 15 is 0 Å². The van der Waals surface area contributed by atoms with Gasteiger partial charge in [-0.25, -0.2) is 23.9 Å². The number of anilines is 5. The molecule has 0 atom stereocenters. The molecule has 4 N–H and O–H groups in total. The van der Waals surface area contributed by atoms with Crippen molar-refractivity contribution < 1.29 is 35.6 Å². The van der Waals surface area contributed by atoms with Crippen LogP contribution < -0.4 is 20.8 Å². The molecular weight excluding hydrogens is 496 g/mol.